The third kappa shape index (κ3) is 13.2. The van der Waals surface area contributed by atoms with Crippen molar-refractivity contribution < 1.29 is 29.7 Å². The quantitative estimate of drug-likeness (QED) is 0.0625. The van der Waals surface area contributed by atoms with E-state index in [1.807, 2.05) is 36.4 Å². The number of unbranched alkanes of at least 4 members (excludes halogenated alkanes) is 3. The van der Waals surface area contributed by atoms with Crippen LogP contribution in [0, 0.1) is 17.8 Å². The predicted octanol–water partition coefficient (Wildman–Crippen LogP) is 13.6. The molecule has 0 saturated heterocycles. The van der Waals surface area contributed by atoms with E-state index >= 15 is 0 Å². The van der Waals surface area contributed by atoms with Crippen molar-refractivity contribution >= 4 is 53.2 Å². The average molecular weight is 823 g/mol. The Morgan fingerprint density at radius 2 is 0.667 bits per heavy atom. The van der Waals surface area contributed by atoms with E-state index in [0.29, 0.717) is 17.8 Å². The molecule has 3 amide bonds. The van der Waals surface area contributed by atoms with Crippen molar-refractivity contribution in [2.75, 3.05) is 14.7 Å². The summed E-state index contributed by atoms with van der Waals surface area (Å²) in [6.45, 7) is 13.0. The monoisotopic (exact) mass is 823 g/mol. The summed E-state index contributed by atoms with van der Waals surface area (Å²) in [6.07, 6.45) is 11.4. The molecule has 0 radical (unpaired) electrons. The van der Waals surface area contributed by atoms with Gasteiger partial charge < -0.3 is 15.3 Å². The second kappa shape index (κ2) is 23.9. The van der Waals surface area contributed by atoms with Crippen LogP contribution in [0.5, 0.6) is 0 Å². The first-order chi connectivity index (χ1) is 29.0. The highest BCUT2D eigenvalue weighted by Crippen LogP contribution is 2.33. The molecule has 12 nitrogen and oxygen atoms in total. The number of carbonyl (C=O) groups is 3. The van der Waals surface area contributed by atoms with Gasteiger partial charge in [0.1, 0.15) is 0 Å². The third-order valence-electron chi connectivity index (χ3n) is 11.6. The van der Waals surface area contributed by atoms with Gasteiger partial charge in [0.25, 0.3) is 0 Å². The summed E-state index contributed by atoms with van der Waals surface area (Å²) in [6, 6.07) is 21.2. The number of carboxylic acid groups (broad SMARTS) is 3. The van der Waals surface area contributed by atoms with Gasteiger partial charge in [-0.3, -0.25) is 0 Å². The van der Waals surface area contributed by atoms with Crippen LogP contribution >= 0.6 is 0 Å². The van der Waals surface area contributed by atoms with Crippen LogP contribution < -0.4 is 14.7 Å². The predicted molar refractivity (Wildman–Crippen MR) is 241 cm³/mol. The highest BCUT2D eigenvalue weighted by molar-refractivity contribution is 5.97. The molecule has 3 N–H and O–H groups in total. The Balaban J connectivity index is 1.83. The number of amides is 3. The van der Waals surface area contributed by atoms with Crippen LogP contribution in [0.3, 0.4) is 0 Å². The molecule has 0 spiro atoms. The summed E-state index contributed by atoms with van der Waals surface area (Å²) in [5.41, 5.74) is 3.77. The molecular formula is C48H66N6O6. The molecule has 60 heavy (non-hydrogen) atoms. The number of aromatic nitrogens is 3. The molecule has 0 fully saturated rings. The maximum atomic E-state index is 13.1. The summed E-state index contributed by atoms with van der Waals surface area (Å²) in [7, 11) is 0. The van der Waals surface area contributed by atoms with Crippen LogP contribution in [0.4, 0.5) is 49.3 Å². The van der Waals surface area contributed by atoms with Gasteiger partial charge in [0.15, 0.2) is 0 Å². The van der Waals surface area contributed by atoms with E-state index in [4.69, 9.17) is 0 Å². The van der Waals surface area contributed by atoms with E-state index in [0.717, 1.165) is 128 Å². The molecule has 1 heterocycles. The summed E-state index contributed by atoms with van der Waals surface area (Å²) in [4.78, 5) is 55.0. The lowest BCUT2D eigenvalue weighted by Gasteiger charge is -2.25. The van der Waals surface area contributed by atoms with Crippen LogP contribution in [0.25, 0.3) is 0 Å². The van der Waals surface area contributed by atoms with Crippen molar-refractivity contribution in [3.63, 3.8) is 0 Å². The van der Waals surface area contributed by atoms with Crippen molar-refractivity contribution in [3.05, 3.63) is 89.5 Å². The number of hydrogen-bond acceptors (Lipinski definition) is 6. The maximum absolute atomic E-state index is 13.1. The van der Waals surface area contributed by atoms with Crippen molar-refractivity contribution in [2.45, 2.75) is 138 Å². The average Bonchev–Trinajstić information content (AvgIpc) is 3.24. The summed E-state index contributed by atoms with van der Waals surface area (Å²) in [5.74, 6) is 0.109. The maximum Gasteiger partial charge on any atom is 0.418 e. The normalized spacial score (nSPS) is 12.7. The Hall–Kier alpha value is -5.52. The molecule has 0 saturated carbocycles. The van der Waals surface area contributed by atoms with Crippen LogP contribution in [0.2, 0.25) is 0 Å². The first kappa shape index (κ1) is 47.2. The highest BCUT2D eigenvalue weighted by Gasteiger charge is 2.30. The highest BCUT2D eigenvalue weighted by atomic mass is 16.4. The van der Waals surface area contributed by atoms with Gasteiger partial charge in [-0.2, -0.15) is 15.0 Å². The molecule has 4 aromatic rings. The zero-order valence-electron chi connectivity index (χ0n) is 36.5. The number of hydrogen-bond donors (Lipinski definition) is 3. The van der Waals surface area contributed by atoms with E-state index < -0.39 is 36.1 Å². The molecule has 12 heteroatoms. The largest absolute Gasteiger partial charge is 0.464 e. The van der Waals surface area contributed by atoms with E-state index in [9.17, 15) is 29.7 Å². The van der Waals surface area contributed by atoms with Crippen LogP contribution in [-0.4, -0.2) is 48.6 Å². The fourth-order valence-electron chi connectivity index (χ4n) is 7.75. The second-order valence-corrected chi connectivity index (χ2v) is 16.0. The van der Waals surface area contributed by atoms with E-state index in [-0.39, 0.29) is 17.1 Å². The Labute approximate surface area is 356 Å². The summed E-state index contributed by atoms with van der Waals surface area (Å²) < 4.78 is 0. The minimum atomic E-state index is -1.44. The molecule has 1 aromatic heterocycles. The summed E-state index contributed by atoms with van der Waals surface area (Å²) in [5, 5.41) is 32.0. The molecule has 0 aliphatic rings. The minimum absolute atomic E-state index is 0.204. The number of anilines is 6. The van der Waals surface area contributed by atoms with Crippen LogP contribution in [-0.2, 0) is 19.3 Å². The van der Waals surface area contributed by atoms with Crippen molar-refractivity contribution in [2.24, 2.45) is 17.8 Å². The van der Waals surface area contributed by atoms with Gasteiger partial charge in [-0.15, -0.1) is 0 Å². The lowest BCUT2D eigenvalue weighted by molar-refractivity contribution is 0.203. The van der Waals surface area contributed by atoms with Crippen molar-refractivity contribution in [1.82, 2.24) is 15.0 Å². The van der Waals surface area contributed by atoms with Gasteiger partial charge in [0.2, 0.25) is 17.8 Å². The van der Waals surface area contributed by atoms with Gasteiger partial charge in [0, 0.05) is 0 Å². The molecule has 0 bridgehead atoms. The van der Waals surface area contributed by atoms with Gasteiger partial charge in [-0.05, 0) is 90.1 Å². The molecular weight excluding hydrogens is 757 g/mol. The Morgan fingerprint density at radius 1 is 0.433 bits per heavy atom. The number of nitrogens with zero attached hydrogens (tertiary/aromatic N) is 6. The first-order valence-electron chi connectivity index (χ1n) is 22.1. The molecule has 0 unspecified atom stereocenters. The summed E-state index contributed by atoms with van der Waals surface area (Å²) >= 11 is 0. The number of benzene rings is 3. The molecule has 0 aliphatic carbocycles. The third-order valence-corrected chi connectivity index (χ3v) is 11.6. The Kier molecular flexibility index (Phi) is 18.8. The molecule has 3 aromatic carbocycles. The molecule has 324 valence electrons. The fourth-order valence-corrected chi connectivity index (χ4v) is 7.75. The van der Waals surface area contributed by atoms with Crippen LogP contribution in [0.1, 0.15) is 135 Å². The zero-order chi connectivity index (χ0) is 43.6. The lowest BCUT2D eigenvalue weighted by Crippen LogP contribution is -2.32. The van der Waals surface area contributed by atoms with E-state index in [2.05, 4.69) is 56.5 Å². The fraction of sp³-hybridized carbons (Fsp3) is 0.500. The Morgan fingerprint density at radius 3 is 0.850 bits per heavy atom. The van der Waals surface area contributed by atoms with Gasteiger partial charge >= 0.3 is 18.3 Å². The van der Waals surface area contributed by atoms with Crippen LogP contribution in [0.15, 0.2) is 72.8 Å². The van der Waals surface area contributed by atoms with Crippen molar-refractivity contribution in [1.29, 1.82) is 0 Å². The zero-order valence-corrected chi connectivity index (χ0v) is 36.5. The SMILES string of the molecule is CCCC[C@@H](CC)Cc1ccc(N(C(=O)O)c2nc(N(C(=O)O)c3ccc(C[C@H](CC)CCCC)cc3)nc(N(C(=O)O)c3ccc(C[C@H](CC)CCCC)cc3)n2)cc1. The van der Waals surface area contributed by atoms with Crippen molar-refractivity contribution in [3.8, 4) is 0 Å². The standard InChI is InChI=1S/C48H66N6O6/c1-7-13-16-34(10-4)31-37-19-25-40(26-20-37)52(46(55)56)43-49-44(53(47(57)58)41-27-21-38(22-28-41)32-35(11-5)17-14-8-2)51-45(50-43)54(48(59)60)42-29-23-39(24-30-42)33-36(12-6)18-15-9-3/h19-30,34-36H,7-18,31-33H2,1-6H3,(H,55,56)(H,57,58)(H,59,60)/t34-,35-,36-/m1/s1. The smallest absolute Gasteiger partial charge is 0.418 e. The second-order valence-electron chi connectivity index (χ2n) is 16.0. The van der Waals surface area contributed by atoms with E-state index in [1.165, 1.54) is 0 Å². The lowest BCUT2D eigenvalue weighted by atomic mass is 9.92. The van der Waals surface area contributed by atoms with Gasteiger partial charge in [-0.25, -0.2) is 29.1 Å². The molecule has 3 atom stereocenters. The molecule has 0 aliphatic heterocycles. The van der Waals surface area contributed by atoms with E-state index in [1.54, 1.807) is 36.4 Å². The first-order valence-corrected chi connectivity index (χ1v) is 22.1. The topological polar surface area (TPSA) is 160 Å². The van der Waals surface area contributed by atoms with Gasteiger partial charge in [0.05, 0.1) is 17.1 Å². The van der Waals surface area contributed by atoms with Gasteiger partial charge in [-0.1, -0.05) is 155 Å². The minimum Gasteiger partial charge on any atom is -0.464 e. The number of rotatable bonds is 24. The Bertz CT molecular complexity index is 1700. The molecule has 4 rings (SSSR count).